The highest BCUT2D eigenvalue weighted by atomic mass is 19.4. The summed E-state index contributed by atoms with van der Waals surface area (Å²) in [6, 6.07) is -0.303. The Kier molecular flexibility index (Phi) is 4.10. The van der Waals surface area contributed by atoms with Crippen LogP contribution in [0.1, 0.15) is 50.3 Å². The third-order valence-corrected chi connectivity index (χ3v) is 5.06. The van der Waals surface area contributed by atoms with Gasteiger partial charge in [0.25, 0.3) is 0 Å². The fourth-order valence-electron chi connectivity index (χ4n) is 3.50. The van der Waals surface area contributed by atoms with Crippen molar-refractivity contribution in [3.05, 3.63) is 11.9 Å². The van der Waals surface area contributed by atoms with Crippen LogP contribution in [-0.2, 0) is 5.41 Å². The molecule has 23 heavy (non-hydrogen) atoms. The quantitative estimate of drug-likeness (QED) is 0.842. The van der Waals surface area contributed by atoms with E-state index in [1.165, 1.54) is 10.9 Å². The molecule has 1 saturated heterocycles. The summed E-state index contributed by atoms with van der Waals surface area (Å²) < 4.78 is 68.7. The van der Waals surface area contributed by atoms with Crippen LogP contribution in [0.4, 0.5) is 22.0 Å². The monoisotopic (exact) mass is 338 g/mol. The number of rotatable bonds is 2. The molecule has 1 aliphatic carbocycles. The van der Waals surface area contributed by atoms with Gasteiger partial charge in [-0.05, 0) is 38.8 Å². The standard InChI is InChI=1S/C14H19F5N4/c15-13(16)3-1-10(2-4-13)23-9-11(21-22-23)12(14(17,18)19)5-7-20-8-6-12/h9-10,20H,1-8H2. The maximum Gasteiger partial charge on any atom is 0.400 e. The SMILES string of the molecule is FC1(F)CCC(n2cc(C3(C(F)(F)F)CCNCC3)nn2)CC1. The fourth-order valence-corrected chi connectivity index (χ4v) is 3.50. The largest absolute Gasteiger partial charge is 0.400 e. The molecule has 1 N–H and O–H groups in total. The Bertz CT molecular complexity index is 538. The van der Waals surface area contributed by atoms with Gasteiger partial charge in [0.05, 0.1) is 11.7 Å². The summed E-state index contributed by atoms with van der Waals surface area (Å²) in [6.07, 6.45) is -3.38. The number of piperidine rings is 1. The van der Waals surface area contributed by atoms with Gasteiger partial charge in [-0.25, -0.2) is 13.5 Å². The van der Waals surface area contributed by atoms with Crippen molar-refractivity contribution in [3.8, 4) is 0 Å². The molecule has 0 aromatic carbocycles. The van der Waals surface area contributed by atoms with E-state index in [2.05, 4.69) is 15.6 Å². The van der Waals surface area contributed by atoms with Crippen molar-refractivity contribution in [1.82, 2.24) is 20.3 Å². The van der Waals surface area contributed by atoms with Crippen LogP contribution >= 0.6 is 0 Å². The van der Waals surface area contributed by atoms with Gasteiger partial charge in [0.1, 0.15) is 5.41 Å². The lowest BCUT2D eigenvalue weighted by molar-refractivity contribution is -0.199. The van der Waals surface area contributed by atoms with Crippen molar-refractivity contribution in [3.63, 3.8) is 0 Å². The highest BCUT2D eigenvalue weighted by Gasteiger charge is 2.57. The Morgan fingerprint density at radius 3 is 2.26 bits per heavy atom. The molecule has 2 aliphatic rings. The van der Waals surface area contributed by atoms with Gasteiger partial charge < -0.3 is 5.32 Å². The minimum absolute atomic E-state index is 0.0854. The van der Waals surface area contributed by atoms with Gasteiger partial charge in [-0.2, -0.15) is 13.2 Å². The predicted molar refractivity (Wildman–Crippen MR) is 72.3 cm³/mol. The van der Waals surface area contributed by atoms with E-state index < -0.39 is 17.5 Å². The fraction of sp³-hybridized carbons (Fsp3) is 0.857. The number of halogens is 5. The van der Waals surface area contributed by atoms with E-state index >= 15 is 0 Å². The summed E-state index contributed by atoms with van der Waals surface area (Å²) in [7, 11) is 0. The summed E-state index contributed by atoms with van der Waals surface area (Å²) >= 11 is 0. The van der Waals surface area contributed by atoms with E-state index in [-0.39, 0.29) is 63.4 Å². The second-order valence-electron chi connectivity index (χ2n) is 6.50. The molecule has 130 valence electrons. The predicted octanol–water partition coefficient (Wildman–Crippen LogP) is 3.21. The second kappa shape index (κ2) is 5.68. The van der Waals surface area contributed by atoms with Crippen molar-refractivity contribution in [2.45, 2.75) is 62.1 Å². The molecule has 1 aromatic rings. The van der Waals surface area contributed by atoms with E-state index in [4.69, 9.17) is 0 Å². The van der Waals surface area contributed by atoms with Gasteiger partial charge in [-0.15, -0.1) is 5.10 Å². The topological polar surface area (TPSA) is 42.7 Å². The van der Waals surface area contributed by atoms with Gasteiger partial charge in [0, 0.05) is 19.0 Å². The average Bonchev–Trinajstić information content (AvgIpc) is 2.97. The smallest absolute Gasteiger partial charge is 0.317 e. The molecular formula is C14H19F5N4. The summed E-state index contributed by atoms with van der Waals surface area (Å²) in [4.78, 5) is 0. The van der Waals surface area contributed by atoms with Gasteiger partial charge in [0.15, 0.2) is 0 Å². The summed E-state index contributed by atoms with van der Waals surface area (Å²) in [5.74, 6) is -2.68. The first-order valence-corrected chi connectivity index (χ1v) is 7.81. The lowest BCUT2D eigenvalue weighted by Gasteiger charge is -2.37. The van der Waals surface area contributed by atoms with Crippen LogP contribution in [0.2, 0.25) is 0 Å². The number of nitrogens with zero attached hydrogens (tertiary/aromatic N) is 3. The van der Waals surface area contributed by atoms with E-state index in [0.717, 1.165) is 0 Å². The maximum atomic E-state index is 13.6. The summed E-state index contributed by atoms with van der Waals surface area (Å²) in [5.41, 5.74) is -2.08. The van der Waals surface area contributed by atoms with Crippen LogP contribution in [0.5, 0.6) is 0 Å². The van der Waals surface area contributed by atoms with Crippen molar-refractivity contribution < 1.29 is 22.0 Å². The minimum Gasteiger partial charge on any atom is -0.317 e. The molecule has 1 saturated carbocycles. The van der Waals surface area contributed by atoms with Gasteiger partial charge in [0.2, 0.25) is 5.92 Å². The average molecular weight is 338 g/mol. The third kappa shape index (κ3) is 3.07. The molecule has 2 heterocycles. The van der Waals surface area contributed by atoms with Crippen molar-refractivity contribution in [1.29, 1.82) is 0 Å². The second-order valence-corrected chi connectivity index (χ2v) is 6.50. The maximum absolute atomic E-state index is 13.6. The Hall–Kier alpha value is -1.25. The van der Waals surface area contributed by atoms with Gasteiger partial charge in [-0.3, -0.25) is 0 Å². The molecule has 0 amide bonds. The van der Waals surface area contributed by atoms with E-state index in [9.17, 15) is 22.0 Å². The Morgan fingerprint density at radius 1 is 1.09 bits per heavy atom. The molecule has 3 rings (SSSR count). The zero-order valence-corrected chi connectivity index (χ0v) is 12.5. The molecule has 0 bridgehead atoms. The number of aromatic nitrogens is 3. The normalized spacial score (nSPS) is 25.4. The number of alkyl halides is 5. The molecule has 1 aromatic heterocycles. The van der Waals surface area contributed by atoms with Crippen molar-refractivity contribution >= 4 is 0 Å². The Labute approximate surface area is 130 Å². The first kappa shape index (κ1) is 16.6. The van der Waals surface area contributed by atoms with E-state index in [0.29, 0.717) is 0 Å². The zero-order valence-electron chi connectivity index (χ0n) is 12.5. The number of hydrogen-bond donors (Lipinski definition) is 1. The molecule has 2 fully saturated rings. The molecule has 4 nitrogen and oxygen atoms in total. The molecule has 0 unspecified atom stereocenters. The first-order valence-electron chi connectivity index (χ1n) is 7.81. The van der Waals surface area contributed by atoms with Crippen molar-refractivity contribution in [2.24, 2.45) is 0 Å². The number of hydrogen-bond acceptors (Lipinski definition) is 3. The highest BCUT2D eigenvalue weighted by Crippen LogP contribution is 2.47. The van der Waals surface area contributed by atoms with Crippen LogP contribution in [0, 0.1) is 0 Å². The molecule has 0 spiro atoms. The Morgan fingerprint density at radius 2 is 1.70 bits per heavy atom. The molecule has 0 atom stereocenters. The molecule has 9 heteroatoms. The first-order chi connectivity index (χ1) is 10.7. The van der Waals surface area contributed by atoms with E-state index in [1.54, 1.807) is 0 Å². The van der Waals surface area contributed by atoms with Crippen LogP contribution in [-0.4, -0.2) is 40.2 Å². The van der Waals surface area contributed by atoms with Crippen LogP contribution in [0.25, 0.3) is 0 Å². The van der Waals surface area contributed by atoms with Crippen LogP contribution < -0.4 is 5.32 Å². The third-order valence-electron chi connectivity index (χ3n) is 5.06. The lowest BCUT2D eigenvalue weighted by Crippen LogP contribution is -2.50. The zero-order chi connectivity index (χ0) is 16.7. The highest BCUT2D eigenvalue weighted by molar-refractivity contribution is 5.18. The van der Waals surface area contributed by atoms with E-state index in [1.807, 2.05) is 0 Å². The van der Waals surface area contributed by atoms with Gasteiger partial charge >= 0.3 is 6.18 Å². The Balaban J connectivity index is 1.83. The summed E-state index contributed by atoms with van der Waals surface area (Å²) in [5, 5.41) is 10.5. The molecule has 1 aliphatic heterocycles. The van der Waals surface area contributed by atoms with Gasteiger partial charge in [-0.1, -0.05) is 5.21 Å². The van der Waals surface area contributed by atoms with Crippen LogP contribution in [0.3, 0.4) is 0 Å². The molecule has 0 radical (unpaired) electrons. The molecular weight excluding hydrogens is 319 g/mol. The lowest BCUT2D eigenvalue weighted by atomic mass is 9.75. The summed E-state index contributed by atoms with van der Waals surface area (Å²) in [6.45, 7) is 0.532. The minimum atomic E-state index is -4.41. The van der Waals surface area contributed by atoms with Crippen LogP contribution in [0.15, 0.2) is 6.20 Å². The van der Waals surface area contributed by atoms with Crippen molar-refractivity contribution in [2.75, 3.05) is 13.1 Å². The number of nitrogens with one attached hydrogen (secondary N) is 1.